The van der Waals surface area contributed by atoms with Crippen LogP contribution in [0.2, 0.25) is 0 Å². The summed E-state index contributed by atoms with van der Waals surface area (Å²) in [5, 5.41) is 4.87. The minimum absolute atomic E-state index is 0.830. The van der Waals surface area contributed by atoms with E-state index in [0.29, 0.717) is 0 Å². The summed E-state index contributed by atoms with van der Waals surface area (Å²) in [5.74, 6) is 1.99. The van der Waals surface area contributed by atoms with Crippen molar-refractivity contribution in [2.75, 3.05) is 31.1 Å². The quantitative estimate of drug-likeness (QED) is 0.457. The Morgan fingerprint density at radius 2 is 1.67 bits per heavy atom. The van der Waals surface area contributed by atoms with Gasteiger partial charge in [0.15, 0.2) is 0 Å². The predicted molar refractivity (Wildman–Crippen MR) is 129 cm³/mol. The van der Waals surface area contributed by atoms with E-state index < -0.39 is 0 Å². The van der Waals surface area contributed by atoms with Crippen molar-refractivity contribution >= 4 is 5.82 Å². The first kappa shape index (κ1) is 21.3. The maximum Gasteiger partial charge on any atom is 0.147 e. The summed E-state index contributed by atoms with van der Waals surface area (Å²) in [5.41, 5.74) is 6.03. The highest BCUT2D eigenvalue weighted by atomic mass is 15.3. The Kier molecular flexibility index (Phi) is 5.92. The van der Waals surface area contributed by atoms with Gasteiger partial charge >= 0.3 is 0 Å². The van der Waals surface area contributed by atoms with E-state index in [0.717, 1.165) is 62.2 Å². The largest absolute Gasteiger partial charge is 0.353 e. The molecule has 0 saturated carbocycles. The van der Waals surface area contributed by atoms with Gasteiger partial charge in [0.25, 0.3) is 0 Å². The minimum Gasteiger partial charge on any atom is -0.353 e. The van der Waals surface area contributed by atoms with E-state index in [1.54, 1.807) is 12.4 Å². The Morgan fingerprint density at radius 1 is 0.879 bits per heavy atom. The van der Waals surface area contributed by atoms with Crippen LogP contribution >= 0.6 is 0 Å². The van der Waals surface area contributed by atoms with E-state index in [9.17, 15) is 0 Å². The Hall–Kier alpha value is -3.52. The van der Waals surface area contributed by atoms with Crippen LogP contribution in [0.4, 0.5) is 5.82 Å². The number of nitrogens with zero attached hydrogens (tertiary/aromatic N) is 8. The number of piperazine rings is 1. The van der Waals surface area contributed by atoms with Gasteiger partial charge in [-0.05, 0) is 19.4 Å². The molecule has 1 fully saturated rings. The van der Waals surface area contributed by atoms with Gasteiger partial charge in [0, 0.05) is 87.9 Å². The molecule has 8 nitrogen and oxygen atoms in total. The fraction of sp³-hybridized carbons (Fsp3) is 0.360. The van der Waals surface area contributed by atoms with Gasteiger partial charge < -0.3 is 9.47 Å². The van der Waals surface area contributed by atoms with Crippen LogP contribution in [0.3, 0.4) is 0 Å². The van der Waals surface area contributed by atoms with Crippen molar-refractivity contribution in [3.63, 3.8) is 0 Å². The maximum atomic E-state index is 4.87. The van der Waals surface area contributed by atoms with Gasteiger partial charge in [-0.25, -0.2) is 9.97 Å². The third-order valence-corrected chi connectivity index (χ3v) is 6.59. The Bertz CT molecular complexity index is 1200. The molecule has 8 heteroatoms. The SMILES string of the molecule is Cc1nccn1Cc1ccc(-c2nn(C)c(C)c2CN2CCN(c3cnccn3)CC2)cc1. The number of hydrogen-bond acceptors (Lipinski definition) is 6. The molecular formula is C25H30N8. The summed E-state index contributed by atoms with van der Waals surface area (Å²) >= 11 is 0. The average Bonchev–Trinajstić information content (AvgIpc) is 3.38. The van der Waals surface area contributed by atoms with Gasteiger partial charge in [0.2, 0.25) is 0 Å². The number of aromatic nitrogens is 6. The fourth-order valence-corrected chi connectivity index (χ4v) is 4.42. The first-order chi connectivity index (χ1) is 16.1. The lowest BCUT2D eigenvalue weighted by Gasteiger charge is -2.35. The van der Waals surface area contributed by atoms with Crippen LogP contribution in [0.15, 0.2) is 55.2 Å². The topological polar surface area (TPSA) is 67.9 Å². The van der Waals surface area contributed by atoms with Gasteiger partial charge in [-0.2, -0.15) is 5.10 Å². The molecule has 0 bridgehead atoms. The fourth-order valence-electron chi connectivity index (χ4n) is 4.42. The molecule has 0 aliphatic carbocycles. The zero-order chi connectivity index (χ0) is 22.8. The lowest BCUT2D eigenvalue weighted by atomic mass is 10.0. The smallest absolute Gasteiger partial charge is 0.147 e. The molecule has 0 atom stereocenters. The second-order valence-electron chi connectivity index (χ2n) is 8.66. The van der Waals surface area contributed by atoms with Gasteiger partial charge in [0.05, 0.1) is 11.9 Å². The number of benzene rings is 1. The second-order valence-corrected chi connectivity index (χ2v) is 8.66. The minimum atomic E-state index is 0.830. The van der Waals surface area contributed by atoms with Gasteiger partial charge in [-0.1, -0.05) is 24.3 Å². The zero-order valence-corrected chi connectivity index (χ0v) is 19.5. The van der Waals surface area contributed by atoms with Crippen LogP contribution in [0.5, 0.6) is 0 Å². The van der Waals surface area contributed by atoms with Crippen molar-refractivity contribution in [3.8, 4) is 11.3 Å². The molecule has 1 aliphatic rings. The van der Waals surface area contributed by atoms with Crippen molar-refractivity contribution in [1.82, 2.24) is 34.2 Å². The van der Waals surface area contributed by atoms with Crippen molar-refractivity contribution in [2.45, 2.75) is 26.9 Å². The summed E-state index contributed by atoms with van der Waals surface area (Å²) < 4.78 is 4.16. The van der Waals surface area contributed by atoms with E-state index in [1.807, 2.05) is 37.2 Å². The molecule has 4 aromatic rings. The zero-order valence-electron chi connectivity index (χ0n) is 19.5. The average molecular weight is 443 g/mol. The third-order valence-electron chi connectivity index (χ3n) is 6.59. The van der Waals surface area contributed by atoms with Crippen LogP contribution < -0.4 is 4.90 Å². The number of imidazole rings is 1. The summed E-state index contributed by atoms with van der Waals surface area (Å²) in [7, 11) is 2.03. The maximum absolute atomic E-state index is 4.87. The standard InChI is InChI=1S/C25H30N8/c1-19-23(18-31-12-14-32(15-13-31)24-16-26-8-9-28-24)25(29-30(19)3)22-6-4-21(5-7-22)17-33-11-10-27-20(33)2/h4-11,16H,12-15,17-18H2,1-3H3. The Balaban J connectivity index is 1.30. The van der Waals surface area contributed by atoms with Crippen molar-refractivity contribution in [1.29, 1.82) is 0 Å². The third kappa shape index (κ3) is 4.52. The summed E-state index contributed by atoms with van der Waals surface area (Å²) in [4.78, 5) is 17.8. The van der Waals surface area contributed by atoms with Crippen molar-refractivity contribution in [2.24, 2.45) is 7.05 Å². The first-order valence-electron chi connectivity index (χ1n) is 11.4. The molecule has 0 N–H and O–H groups in total. The molecule has 1 aliphatic heterocycles. The summed E-state index contributed by atoms with van der Waals surface area (Å²) in [6.07, 6.45) is 9.19. The molecule has 3 aromatic heterocycles. The highest BCUT2D eigenvalue weighted by Crippen LogP contribution is 2.27. The van der Waals surface area contributed by atoms with Crippen LogP contribution in [0.1, 0.15) is 22.6 Å². The Labute approximate surface area is 194 Å². The van der Waals surface area contributed by atoms with E-state index in [1.165, 1.54) is 16.8 Å². The highest BCUT2D eigenvalue weighted by Gasteiger charge is 2.22. The van der Waals surface area contributed by atoms with Crippen LogP contribution in [0, 0.1) is 13.8 Å². The van der Waals surface area contributed by atoms with Crippen LogP contribution in [-0.4, -0.2) is 60.4 Å². The van der Waals surface area contributed by atoms with Gasteiger partial charge in [-0.15, -0.1) is 0 Å². The summed E-state index contributed by atoms with van der Waals surface area (Å²) in [6.45, 7) is 9.82. The van der Waals surface area contributed by atoms with Gasteiger partial charge in [-0.3, -0.25) is 14.6 Å². The molecule has 1 aromatic carbocycles. The number of hydrogen-bond donors (Lipinski definition) is 0. The predicted octanol–water partition coefficient (Wildman–Crippen LogP) is 3.06. The Morgan fingerprint density at radius 3 is 2.33 bits per heavy atom. The van der Waals surface area contributed by atoms with E-state index in [4.69, 9.17) is 5.10 Å². The molecule has 4 heterocycles. The van der Waals surface area contributed by atoms with E-state index >= 15 is 0 Å². The molecule has 0 amide bonds. The van der Waals surface area contributed by atoms with Crippen LogP contribution in [0.25, 0.3) is 11.3 Å². The molecular weight excluding hydrogens is 412 g/mol. The molecule has 170 valence electrons. The van der Waals surface area contributed by atoms with E-state index in [2.05, 4.69) is 60.5 Å². The summed E-state index contributed by atoms with van der Waals surface area (Å²) in [6, 6.07) is 8.78. The van der Waals surface area contributed by atoms with E-state index in [-0.39, 0.29) is 0 Å². The van der Waals surface area contributed by atoms with Crippen LogP contribution in [-0.2, 0) is 20.1 Å². The molecule has 33 heavy (non-hydrogen) atoms. The highest BCUT2D eigenvalue weighted by molar-refractivity contribution is 5.64. The monoisotopic (exact) mass is 442 g/mol. The number of anilines is 1. The molecule has 0 radical (unpaired) electrons. The molecule has 0 spiro atoms. The number of rotatable bonds is 6. The van der Waals surface area contributed by atoms with Crippen molar-refractivity contribution in [3.05, 3.63) is 77.9 Å². The number of aryl methyl sites for hydroxylation is 2. The van der Waals surface area contributed by atoms with Crippen molar-refractivity contribution < 1.29 is 0 Å². The normalized spacial score (nSPS) is 14.7. The molecule has 5 rings (SSSR count). The first-order valence-corrected chi connectivity index (χ1v) is 11.4. The van der Waals surface area contributed by atoms with Gasteiger partial charge in [0.1, 0.15) is 11.6 Å². The lowest BCUT2D eigenvalue weighted by molar-refractivity contribution is 0.249. The second kappa shape index (κ2) is 9.15. The molecule has 0 unspecified atom stereocenters. The lowest BCUT2D eigenvalue weighted by Crippen LogP contribution is -2.46. The molecule has 1 saturated heterocycles.